The van der Waals surface area contributed by atoms with Crippen molar-refractivity contribution in [1.82, 2.24) is 4.98 Å². The number of aromatic nitrogens is 1. The number of hydrogen-bond donors (Lipinski definition) is 1. The Hall–Kier alpha value is -0.690. The molecule has 0 aromatic carbocycles. The van der Waals surface area contributed by atoms with Gasteiger partial charge in [0.25, 0.3) is 0 Å². The number of pyridine rings is 1. The highest BCUT2D eigenvalue weighted by molar-refractivity contribution is 14.1. The molecule has 1 unspecified atom stereocenters. The van der Waals surface area contributed by atoms with Crippen molar-refractivity contribution in [3.63, 3.8) is 0 Å². The molecule has 0 saturated carbocycles. The van der Waals surface area contributed by atoms with Crippen LogP contribution in [0.4, 0.5) is 5.82 Å². The first kappa shape index (κ1) is 11.8. The minimum absolute atomic E-state index is 0.00519. The van der Waals surface area contributed by atoms with Crippen molar-refractivity contribution in [3.8, 4) is 0 Å². The number of nitrogens with zero attached hydrogens (tertiary/aromatic N) is 1. The first-order chi connectivity index (χ1) is 7.66. The van der Waals surface area contributed by atoms with Gasteiger partial charge in [-0.25, -0.2) is 4.98 Å². The molecule has 1 amide bonds. The average Bonchev–Trinajstić information content (AvgIpc) is 2.77. The molecule has 2 heterocycles. The molecule has 1 aliphatic rings. The van der Waals surface area contributed by atoms with Gasteiger partial charge in [0, 0.05) is 10.2 Å². The smallest absolute Gasteiger partial charge is 0.231 e. The van der Waals surface area contributed by atoms with Crippen LogP contribution < -0.4 is 5.32 Å². The summed E-state index contributed by atoms with van der Waals surface area (Å²) >= 11 is 2.22. The van der Waals surface area contributed by atoms with E-state index in [-0.39, 0.29) is 11.8 Å². The lowest BCUT2D eigenvalue weighted by Crippen LogP contribution is -2.23. The Morgan fingerprint density at radius 3 is 3.06 bits per heavy atom. The number of halogens is 1. The van der Waals surface area contributed by atoms with Gasteiger partial charge in [-0.05, 0) is 48.1 Å². The number of aryl methyl sites for hydroxylation is 1. The zero-order chi connectivity index (χ0) is 11.5. The molecule has 0 radical (unpaired) electrons. The van der Waals surface area contributed by atoms with E-state index in [9.17, 15) is 4.79 Å². The van der Waals surface area contributed by atoms with Crippen LogP contribution in [0.25, 0.3) is 0 Å². The number of nitrogens with one attached hydrogen (secondary N) is 1. The largest absolute Gasteiger partial charge is 0.381 e. The lowest BCUT2D eigenvalue weighted by molar-refractivity contribution is -0.119. The predicted molar refractivity (Wildman–Crippen MR) is 69.2 cm³/mol. The first-order valence-electron chi connectivity index (χ1n) is 5.18. The van der Waals surface area contributed by atoms with Crippen LogP contribution in [0, 0.1) is 16.4 Å². The molecule has 2 rings (SSSR count). The SMILES string of the molecule is Cc1nc(NC(=O)C2CCOC2)ccc1I. The predicted octanol–water partition coefficient (Wildman–Crippen LogP) is 1.97. The lowest BCUT2D eigenvalue weighted by Gasteiger charge is -2.09. The Kier molecular flexibility index (Phi) is 3.75. The third-order valence-electron chi connectivity index (χ3n) is 2.57. The minimum Gasteiger partial charge on any atom is -0.381 e. The van der Waals surface area contributed by atoms with Crippen LogP contribution in [0.3, 0.4) is 0 Å². The van der Waals surface area contributed by atoms with Gasteiger partial charge in [-0.1, -0.05) is 0 Å². The van der Waals surface area contributed by atoms with Crippen LogP contribution in [0.2, 0.25) is 0 Å². The summed E-state index contributed by atoms with van der Waals surface area (Å²) in [6.45, 7) is 3.13. The van der Waals surface area contributed by atoms with Gasteiger partial charge in [-0.3, -0.25) is 4.79 Å². The van der Waals surface area contributed by atoms with Crippen molar-refractivity contribution in [2.24, 2.45) is 5.92 Å². The molecule has 1 aromatic rings. The molecule has 86 valence electrons. The minimum atomic E-state index is -0.0265. The van der Waals surface area contributed by atoms with E-state index >= 15 is 0 Å². The molecule has 1 aliphatic heterocycles. The zero-order valence-corrected chi connectivity index (χ0v) is 11.2. The van der Waals surface area contributed by atoms with Gasteiger partial charge < -0.3 is 10.1 Å². The highest BCUT2D eigenvalue weighted by atomic mass is 127. The quantitative estimate of drug-likeness (QED) is 0.843. The Balaban J connectivity index is 2.02. The van der Waals surface area contributed by atoms with Crippen LogP contribution in [-0.2, 0) is 9.53 Å². The van der Waals surface area contributed by atoms with Gasteiger partial charge in [-0.15, -0.1) is 0 Å². The Morgan fingerprint density at radius 1 is 1.62 bits per heavy atom. The van der Waals surface area contributed by atoms with Crippen molar-refractivity contribution in [2.75, 3.05) is 18.5 Å². The highest BCUT2D eigenvalue weighted by Gasteiger charge is 2.23. The summed E-state index contributed by atoms with van der Waals surface area (Å²) < 4.78 is 6.27. The second kappa shape index (κ2) is 5.09. The summed E-state index contributed by atoms with van der Waals surface area (Å²) in [6, 6.07) is 3.77. The molecular weight excluding hydrogens is 319 g/mol. The van der Waals surface area contributed by atoms with E-state index in [2.05, 4.69) is 32.9 Å². The van der Waals surface area contributed by atoms with Crippen LogP contribution in [0.1, 0.15) is 12.1 Å². The summed E-state index contributed by atoms with van der Waals surface area (Å²) in [5, 5.41) is 2.82. The average molecular weight is 332 g/mol. The third-order valence-corrected chi connectivity index (χ3v) is 3.71. The maximum Gasteiger partial charge on any atom is 0.231 e. The van der Waals surface area contributed by atoms with Gasteiger partial charge >= 0.3 is 0 Å². The second-order valence-corrected chi connectivity index (χ2v) is 4.98. The fourth-order valence-electron chi connectivity index (χ4n) is 1.58. The number of ether oxygens (including phenoxy) is 1. The summed E-state index contributed by atoms with van der Waals surface area (Å²) in [6.07, 6.45) is 0.801. The second-order valence-electron chi connectivity index (χ2n) is 3.81. The van der Waals surface area contributed by atoms with Crippen molar-refractivity contribution in [2.45, 2.75) is 13.3 Å². The fourth-order valence-corrected chi connectivity index (χ4v) is 1.88. The van der Waals surface area contributed by atoms with Gasteiger partial charge in [0.2, 0.25) is 5.91 Å². The van der Waals surface area contributed by atoms with E-state index in [1.807, 2.05) is 19.1 Å². The Bertz CT molecular complexity index is 403. The molecule has 5 heteroatoms. The van der Waals surface area contributed by atoms with Crippen LogP contribution >= 0.6 is 22.6 Å². The van der Waals surface area contributed by atoms with E-state index in [0.29, 0.717) is 19.0 Å². The molecule has 0 aliphatic carbocycles. The van der Waals surface area contributed by atoms with Crippen LogP contribution in [0.5, 0.6) is 0 Å². The molecule has 1 aromatic heterocycles. The fraction of sp³-hybridized carbons (Fsp3) is 0.455. The van der Waals surface area contributed by atoms with E-state index in [1.165, 1.54) is 0 Å². The maximum absolute atomic E-state index is 11.8. The molecular formula is C11H13IN2O2. The third kappa shape index (κ3) is 2.70. The van der Waals surface area contributed by atoms with Crippen LogP contribution in [0.15, 0.2) is 12.1 Å². The molecule has 0 spiro atoms. The number of amides is 1. The number of anilines is 1. The molecule has 1 atom stereocenters. The van der Waals surface area contributed by atoms with E-state index < -0.39 is 0 Å². The molecule has 1 N–H and O–H groups in total. The normalized spacial score (nSPS) is 19.8. The maximum atomic E-state index is 11.8. The Morgan fingerprint density at radius 2 is 2.44 bits per heavy atom. The van der Waals surface area contributed by atoms with Crippen molar-refractivity contribution < 1.29 is 9.53 Å². The standard InChI is InChI=1S/C11H13IN2O2/c1-7-9(12)2-3-10(13-7)14-11(15)8-4-5-16-6-8/h2-3,8H,4-6H2,1H3,(H,13,14,15). The Labute approximate surface area is 108 Å². The molecule has 0 bridgehead atoms. The van der Waals surface area contributed by atoms with E-state index in [1.54, 1.807) is 0 Å². The van der Waals surface area contributed by atoms with Crippen molar-refractivity contribution in [1.29, 1.82) is 0 Å². The summed E-state index contributed by atoms with van der Waals surface area (Å²) in [5.74, 6) is 0.599. The number of carbonyl (C=O) groups is 1. The zero-order valence-electron chi connectivity index (χ0n) is 9.00. The molecule has 16 heavy (non-hydrogen) atoms. The monoisotopic (exact) mass is 332 g/mol. The van der Waals surface area contributed by atoms with Gasteiger partial charge in [0.05, 0.1) is 18.2 Å². The van der Waals surface area contributed by atoms with Crippen LogP contribution in [-0.4, -0.2) is 24.1 Å². The number of hydrogen-bond acceptors (Lipinski definition) is 3. The van der Waals surface area contributed by atoms with E-state index in [4.69, 9.17) is 4.74 Å². The van der Waals surface area contributed by atoms with Gasteiger partial charge in [-0.2, -0.15) is 0 Å². The molecule has 4 nitrogen and oxygen atoms in total. The first-order valence-corrected chi connectivity index (χ1v) is 6.26. The van der Waals surface area contributed by atoms with Gasteiger partial charge in [0.1, 0.15) is 5.82 Å². The lowest BCUT2D eigenvalue weighted by atomic mass is 10.1. The topological polar surface area (TPSA) is 51.2 Å². The number of carbonyl (C=O) groups excluding carboxylic acids is 1. The van der Waals surface area contributed by atoms with Crippen molar-refractivity contribution >= 4 is 34.3 Å². The molecule has 1 fully saturated rings. The summed E-state index contributed by atoms with van der Waals surface area (Å²) in [4.78, 5) is 16.1. The van der Waals surface area contributed by atoms with Gasteiger partial charge in [0.15, 0.2) is 0 Å². The molecule has 1 saturated heterocycles. The number of rotatable bonds is 2. The van der Waals surface area contributed by atoms with E-state index in [0.717, 1.165) is 15.7 Å². The summed E-state index contributed by atoms with van der Waals surface area (Å²) in [5.41, 5.74) is 0.932. The van der Waals surface area contributed by atoms with Crippen molar-refractivity contribution in [3.05, 3.63) is 21.4 Å². The summed E-state index contributed by atoms with van der Waals surface area (Å²) in [7, 11) is 0. The highest BCUT2D eigenvalue weighted by Crippen LogP contribution is 2.16.